The van der Waals surface area contributed by atoms with Crippen LogP contribution >= 0.6 is 0 Å². The SMILES string of the molecule is COC1CN(c2cc(OC(F)F)c(F)cc2N)CCC1C. The molecular weight excluding hydrogens is 285 g/mol. The maximum atomic E-state index is 13.6. The van der Waals surface area contributed by atoms with Crippen molar-refractivity contribution in [3.63, 3.8) is 0 Å². The number of nitrogens with two attached hydrogens (primary N) is 1. The second-order valence-corrected chi connectivity index (χ2v) is 5.21. The van der Waals surface area contributed by atoms with Crippen LogP contribution in [0, 0.1) is 11.7 Å². The fourth-order valence-electron chi connectivity index (χ4n) is 2.58. The van der Waals surface area contributed by atoms with Gasteiger partial charge >= 0.3 is 6.61 Å². The molecule has 0 amide bonds. The molecule has 1 heterocycles. The zero-order valence-corrected chi connectivity index (χ0v) is 12.0. The number of rotatable bonds is 4. The zero-order valence-electron chi connectivity index (χ0n) is 12.0. The Bertz CT molecular complexity index is 499. The molecule has 1 aromatic carbocycles. The molecule has 0 spiro atoms. The summed E-state index contributed by atoms with van der Waals surface area (Å²) >= 11 is 0. The molecule has 2 rings (SSSR count). The highest BCUT2D eigenvalue weighted by Gasteiger charge is 2.28. The normalized spacial score (nSPS) is 22.7. The largest absolute Gasteiger partial charge is 0.432 e. The first-order valence-corrected chi connectivity index (χ1v) is 6.74. The van der Waals surface area contributed by atoms with Crippen molar-refractivity contribution in [1.82, 2.24) is 0 Å². The number of hydrogen-bond acceptors (Lipinski definition) is 4. The summed E-state index contributed by atoms with van der Waals surface area (Å²) in [5, 5.41) is 0. The topological polar surface area (TPSA) is 47.7 Å². The van der Waals surface area contributed by atoms with Crippen LogP contribution in [-0.4, -0.2) is 32.9 Å². The van der Waals surface area contributed by atoms with Gasteiger partial charge in [-0.1, -0.05) is 6.92 Å². The summed E-state index contributed by atoms with van der Waals surface area (Å²) < 4.78 is 47.7. The Balaban J connectivity index is 2.26. The monoisotopic (exact) mass is 304 g/mol. The van der Waals surface area contributed by atoms with Crippen LogP contribution in [0.1, 0.15) is 13.3 Å². The maximum Gasteiger partial charge on any atom is 0.387 e. The van der Waals surface area contributed by atoms with Gasteiger partial charge in [-0.15, -0.1) is 0 Å². The number of alkyl halides is 2. The molecule has 0 aliphatic carbocycles. The van der Waals surface area contributed by atoms with E-state index in [9.17, 15) is 13.2 Å². The first-order valence-electron chi connectivity index (χ1n) is 6.74. The number of hydrogen-bond donors (Lipinski definition) is 1. The molecule has 0 saturated carbocycles. The van der Waals surface area contributed by atoms with E-state index in [-0.39, 0.29) is 11.8 Å². The van der Waals surface area contributed by atoms with E-state index in [0.717, 1.165) is 12.5 Å². The molecule has 1 aromatic rings. The Hall–Kier alpha value is -1.63. The number of methoxy groups -OCH3 is 1. The summed E-state index contributed by atoms with van der Waals surface area (Å²) in [6, 6.07) is 2.23. The van der Waals surface area contributed by atoms with Crippen molar-refractivity contribution in [1.29, 1.82) is 0 Å². The molecule has 1 fully saturated rings. The standard InChI is InChI=1S/C14H19F3N2O2/c1-8-3-4-19(7-13(8)20-2)11-6-12(21-14(16)17)9(15)5-10(11)18/h5-6,8,13-14H,3-4,7,18H2,1-2H3. The van der Waals surface area contributed by atoms with Crippen molar-refractivity contribution >= 4 is 11.4 Å². The molecule has 4 nitrogen and oxygen atoms in total. The molecule has 2 unspecified atom stereocenters. The summed E-state index contributed by atoms with van der Waals surface area (Å²) in [4.78, 5) is 1.90. The third-order valence-electron chi connectivity index (χ3n) is 3.83. The second kappa shape index (κ2) is 6.43. The van der Waals surface area contributed by atoms with Gasteiger partial charge in [0.1, 0.15) is 0 Å². The summed E-state index contributed by atoms with van der Waals surface area (Å²) in [7, 11) is 1.63. The zero-order chi connectivity index (χ0) is 15.6. The molecule has 0 bridgehead atoms. The van der Waals surface area contributed by atoms with Crippen LogP contribution < -0.4 is 15.4 Å². The minimum absolute atomic E-state index is 0.0164. The van der Waals surface area contributed by atoms with Gasteiger partial charge in [0.2, 0.25) is 0 Å². The van der Waals surface area contributed by atoms with E-state index < -0.39 is 18.2 Å². The van der Waals surface area contributed by atoms with Crippen LogP contribution in [0.25, 0.3) is 0 Å². The van der Waals surface area contributed by atoms with Gasteiger partial charge in [0.15, 0.2) is 11.6 Å². The summed E-state index contributed by atoms with van der Waals surface area (Å²) in [5.74, 6) is -1.00. The predicted octanol–water partition coefficient (Wildman–Crippen LogP) is 2.87. The first kappa shape index (κ1) is 15.8. The molecule has 2 N–H and O–H groups in total. The van der Waals surface area contributed by atoms with Crippen molar-refractivity contribution in [2.75, 3.05) is 30.8 Å². The Labute approximate surface area is 121 Å². The van der Waals surface area contributed by atoms with Gasteiger partial charge in [0, 0.05) is 32.3 Å². The summed E-state index contributed by atoms with van der Waals surface area (Å²) in [6.45, 7) is 0.279. The van der Waals surface area contributed by atoms with Crippen molar-refractivity contribution in [3.8, 4) is 5.75 Å². The molecular formula is C14H19F3N2O2. The highest BCUT2D eigenvalue weighted by molar-refractivity contribution is 5.70. The van der Waals surface area contributed by atoms with Gasteiger partial charge in [-0.25, -0.2) is 4.39 Å². The lowest BCUT2D eigenvalue weighted by Crippen LogP contribution is -2.44. The maximum absolute atomic E-state index is 13.6. The quantitative estimate of drug-likeness (QED) is 0.869. The smallest absolute Gasteiger partial charge is 0.387 e. The number of nitrogens with zero attached hydrogens (tertiary/aromatic N) is 1. The lowest BCUT2D eigenvalue weighted by Gasteiger charge is -2.38. The van der Waals surface area contributed by atoms with Gasteiger partial charge < -0.3 is 20.1 Å². The van der Waals surface area contributed by atoms with E-state index >= 15 is 0 Å². The van der Waals surface area contributed by atoms with Crippen molar-refractivity contribution < 1.29 is 22.6 Å². The lowest BCUT2D eigenvalue weighted by atomic mass is 9.95. The third kappa shape index (κ3) is 3.53. The Morgan fingerprint density at radius 2 is 2.10 bits per heavy atom. The van der Waals surface area contributed by atoms with Crippen LogP contribution in [0.2, 0.25) is 0 Å². The molecule has 1 aliphatic rings. The number of nitrogen functional groups attached to an aromatic ring is 1. The molecule has 1 saturated heterocycles. The number of ether oxygens (including phenoxy) is 2. The molecule has 2 atom stereocenters. The average molecular weight is 304 g/mol. The van der Waals surface area contributed by atoms with E-state index in [1.54, 1.807) is 7.11 Å². The van der Waals surface area contributed by atoms with Gasteiger partial charge in [-0.2, -0.15) is 8.78 Å². The van der Waals surface area contributed by atoms with Gasteiger partial charge in [-0.05, 0) is 12.3 Å². The van der Waals surface area contributed by atoms with Crippen LogP contribution in [-0.2, 0) is 4.74 Å². The van der Waals surface area contributed by atoms with Crippen LogP contribution in [0.3, 0.4) is 0 Å². The number of halogens is 3. The van der Waals surface area contributed by atoms with Crippen molar-refractivity contribution in [2.45, 2.75) is 26.1 Å². The fourth-order valence-corrected chi connectivity index (χ4v) is 2.58. The van der Waals surface area contributed by atoms with Gasteiger partial charge in [0.05, 0.1) is 17.5 Å². The third-order valence-corrected chi connectivity index (χ3v) is 3.83. The van der Waals surface area contributed by atoms with Crippen LogP contribution in [0.4, 0.5) is 24.5 Å². The van der Waals surface area contributed by atoms with Crippen molar-refractivity contribution in [2.24, 2.45) is 5.92 Å². The number of piperidine rings is 1. The second-order valence-electron chi connectivity index (χ2n) is 5.21. The molecule has 0 aromatic heterocycles. The first-order chi connectivity index (χ1) is 9.92. The van der Waals surface area contributed by atoms with Gasteiger partial charge in [0.25, 0.3) is 0 Å². The number of benzene rings is 1. The fraction of sp³-hybridized carbons (Fsp3) is 0.571. The minimum Gasteiger partial charge on any atom is -0.432 e. The van der Waals surface area contributed by atoms with E-state index in [1.165, 1.54) is 6.07 Å². The van der Waals surface area contributed by atoms with E-state index in [0.29, 0.717) is 24.7 Å². The van der Waals surface area contributed by atoms with E-state index in [2.05, 4.69) is 11.7 Å². The molecule has 118 valence electrons. The number of anilines is 2. The highest BCUT2D eigenvalue weighted by Crippen LogP contribution is 2.34. The lowest BCUT2D eigenvalue weighted by molar-refractivity contribution is -0.0521. The predicted molar refractivity (Wildman–Crippen MR) is 74.2 cm³/mol. The highest BCUT2D eigenvalue weighted by atomic mass is 19.3. The molecule has 1 aliphatic heterocycles. The summed E-state index contributed by atoms with van der Waals surface area (Å²) in [5.41, 5.74) is 6.49. The Morgan fingerprint density at radius 3 is 2.71 bits per heavy atom. The van der Waals surface area contributed by atoms with Gasteiger partial charge in [-0.3, -0.25) is 0 Å². The molecule has 21 heavy (non-hydrogen) atoms. The average Bonchev–Trinajstić information content (AvgIpc) is 2.42. The van der Waals surface area contributed by atoms with Crippen LogP contribution in [0.15, 0.2) is 12.1 Å². The Kier molecular flexibility index (Phi) is 4.82. The van der Waals surface area contributed by atoms with E-state index in [1.807, 2.05) is 4.90 Å². The van der Waals surface area contributed by atoms with Crippen LogP contribution in [0.5, 0.6) is 5.75 Å². The van der Waals surface area contributed by atoms with E-state index in [4.69, 9.17) is 10.5 Å². The summed E-state index contributed by atoms with van der Waals surface area (Å²) in [6.07, 6.45) is 0.892. The minimum atomic E-state index is -3.08. The molecule has 7 heteroatoms. The Morgan fingerprint density at radius 1 is 1.38 bits per heavy atom. The molecule has 0 radical (unpaired) electrons. The van der Waals surface area contributed by atoms with Crippen molar-refractivity contribution in [3.05, 3.63) is 17.9 Å².